The summed E-state index contributed by atoms with van der Waals surface area (Å²) in [5.41, 5.74) is 1.99. The number of ether oxygens (including phenoxy) is 1. The average Bonchev–Trinajstić information content (AvgIpc) is 3.15. The number of hydrogen-bond acceptors (Lipinski definition) is 8. The Kier molecular flexibility index (Phi) is 6.00. The van der Waals surface area contributed by atoms with Gasteiger partial charge >= 0.3 is 0 Å². The van der Waals surface area contributed by atoms with Crippen LogP contribution in [0.3, 0.4) is 0 Å². The number of rotatable bonds is 3. The number of anilines is 2. The van der Waals surface area contributed by atoms with Crippen molar-refractivity contribution in [2.45, 2.75) is 29.9 Å². The van der Waals surface area contributed by atoms with Crippen LogP contribution in [0.4, 0.5) is 11.4 Å². The van der Waals surface area contributed by atoms with Gasteiger partial charge in [0.05, 0.1) is 31.3 Å². The summed E-state index contributed by atoms with van der Waals surface area (Å²) in [6.07, 6.45) is -1.66. The number of nitrogens with zero attached hydrogens (tertiary/aromatic N) is 3. The number of aliphatic hydroxyl groups is 2. The van der Waals surface area contributed by atoms with E-state index in [0.29, 0.717) is 31.5 Å². The van der Waals surface area contributed by atoms with E-state index in [1.165, 1.54) is 11.8 Å². The van der Waals surface area contributed by atoms with Gasteiger partial charge in [-0.15, -0.1) is 0 Å². The number of carbonyl (C=O) groups excluding carboxylic acids is 1. The molecule has 29 heavy (non-hydrogen) atoms. The van der Waals surface area contributed by atoms with E-state index >= 15 is 0 Å². The molecule has 0 spiro atoms. The molecule has 2 fully saturated rings. The standard InChI is InChI=1S/C20H28N4O4S/c1-23(2)13-5-3-12(4-6-13)21-20-22-16-17(26)15(25)11-14(18(16)29-20)19(27)24-7-9-28-10-8-24/h3-6,14-18,25-26H,7-11H2,1-2H3,(H,21,22)/t14-,15+,16-,17-,18+/m0/s1. The molecule has 0 unspecified atom stereocenters. The van der Waals surface area contributed by atoms with Crippen LogP contribution in [0.15, 0.2) is 29.3 Å². The van der Waals surface area contributed by atoms with Gasteiger partial charge in [-0.1, -0.05) is 11.8 Å². The summed E-state index contributed by atoms with van der Waals surface area (Å²) in [5.74, 6) is -0.353. The second-order valence-electron chi connectivity index (χ2n) is 7.91. The fourth-order valence-corrected chi connectivity index (χ4v) is 5.45. The first-order valence-corrected chi connectivity index (χ1v) is 10.8. The highest BCUT2D eigenvalue weighted by Gasteiger charge is 2.51. The molecule has 2 aliphatic heterocycles. The van der Waals surface area contributed by atoms with Gasteiger partial charge in [0.15, 0.2) is 5.17 Å². The second kappa shape index (κ2) is 8.51. The van der Waals surface area contributed by atoms with Gasteiger partial charge in [0.2, 0.25) is 5.91 Å². The quantitative estimate of drug-likeness (QED) is 0.659. The number of amides is 1. The Balaban J connectivity index is 1.48. The molecule has 1 aromatic carbocycles. The summed E-state index contributed by atoms with van der Waals surface area (Å²) < 4.78 is 5.34. The lowest BCUT2D eigenvalue weighted by molar-refractivity contribution is -0.144. The number of nitrogens with one attached hydrogen (secondary N) is 1. The SMILES string of the molecule is CN(C)c1ccc(NC2=N[C@H]3[C@@H](O)[C@H](O)C[C@H](C(=O)N4CCOCC4)[C@H]3S2)cc1. The molecule has 3 N–H and O–H groups in total. The van der Waals surface area contributed by atoms with Gasteiger partial charge in [-0.2, -0.15) is 0 Å². The van der Waals surface area contributed by atoms with E-state index in [1.807, 2.05) is 48.2 Å². The molecule has 4 rings (SSSR count). The van der Waals surface area contributed by atoms with Crippen molar-refractivity contribution in [2.75, 3.05) is 50.6 Å². The predicted molar refractivity (Wildman–Crippen MR) is 115 cm³/mol. The molecule has 1 aromatic rings. The fourth-order valence-electron chi connectivity index (χ4n) is 4.08. The highest BCUT2D eigenvalue weighted by molar-refractivity contribution is 8.15. The summed E-state index contributed by atoms with van der Waals surface area (Å²) in [6, 6.07) is 7.48. The molecule has 9 heteroatoms. The lowest BCUT2D eigenvalue weighted by atomic mass is 9.80. The summed E-state index contributed by atoms with van der Waals surface area (Å²) in [7, 11) is 3.98. The van der Waals surface area contributed by atoms with Crippen LogP contribution in [0, 0.1) is 5.92 Å². The summed E-state index contributed by atoms with van der Waals surface area (Å²) in [5, 5.41) is 24.6. The Morgan fingerprint density at radius 1 is 1.24 bits per heavy atom. The van der Waals surface area contributed by atoms with E-state index < -0.39 is 18.2 Å². The number of thioether (sulfide) groups is 1. The molecule has 1 saturated carbocycles. The number of morpholine rings is 1. The fraction of sp³-hybridized carbons (Fsp3) is 0.600. The number of aliphatic hydroxyl groups excluding tert-OH is 2. The zero-order valence-corrected chi connectivity index (χ0v) is 17.5. The van der Waals surface area contributed by atoms with Crippen LogP contribution < -0.4 is 10.2 Å². The maximum atomic E-state index is 13.1. The first kappa shape index (κ1) is 20.5. The van der Waals surface area contributed by atoms with Crippen LogP contribution in [-0.2, 0) is 9.53 Å². The Labute approximate surface area is 174 Å². The molecule has 1 saturated heterocycles. The van der Waals surface area contributed by atoms with Crippen molar-refractivity contribution in [3.8, 4) is 0 Å². The van der Waals surface area contributed by atoms with Crippen molar-refractivity contribution in [1.29, 1.82) is 0 Å². The number of hydrogen-bond donors (Lipinski definition) is 3. The van der Waals surface area contributed by atoms with Crippen LogP contribution in [0.2, 0.25) is 0 Å². The third-order valence-electron chi connectivity index (χ3n) is 5.76. The molecular formula is C20H28N4O4S. The van der Waals surface area contributed by atoms with Crippen molar-refractivity contribution in [3.05, 3.63) is 24.3 Å². The Bertz CT molecular complexity index is 766. The highest BCUT2D eigenvalue weighted by atomic mass is 32.2. The molecule has 158 valence electrons. The molecule has 5 atom stereocenters. The van der Waals surface area contributed by atoms with E-state index in [-0.39, 0.29) is 23.5 Å². The molecule has 2 heterocycles. The lowest BCUT2D eigenvalue weighted by Crippen LogP contribution is -2.55. The lowest BCUT2D eigenvalue weighted by Gasteiger charge is -2.40. The van der Waals surface area contributed by atoms with E-state index in [4.69, 9.17) is 4.74 Å². The van der Waals surface area contributed by atoms with Gasteiger partial charge in [0, 0.05) is 43.8 Å². The van der Waals surface area contributed by atoms with Gasteiger partial charge in [0.25, 0.3) is 0 Å². The summed E-state index contributed by atoms with van der Waals surface area (Å²) >= 11 is 1.48. The maximum absolute atomic E-state index is 13.1. The van der Waals surface area contributed by atoms with Crippen LogP contribution >= 0.6 is 11.8 Å². The third-order valence-corrected chi connectivity index (χ3v) is 7.07. The van der Waals surface area contributed by atoms with Crippen molar-refractivity contribution in [2.24, 2.45) is 10.9 Å². The first-order valence-electron chi connectivity index (χ1n) is 9.95. The third kappa shape index (κ3) is 4.23. The number of carbonyl (C=O) groups is 1. The van der Waals surface area contributed by atoms with E-state index in [2.05, 4.69) is 10.3 Å². The molecule has 0 radical (unpaired) electrons. The molecule has 1 amide bonds. The average molecular weight is 421 g/mol. The minimum absolute atomic E-state index is 0.0218. The van der Waals surface area contributed by atoms with Crippen molar-refractivity contribution >= 4 is 34.2 Å². The normalized spacial score (nSPS) is 31.8. The Hall–Kier alpha value is -1.81. The molecule has 3 aliphatic rings. The molecule has 1 aliphatic carbocycles. The Morgan fingerprint density at radius 3 is 2.59 bits per heavy atom. The van der Waals surface area contributed by atoms with Crippen LogP contribution in [-0.4, -0.2) is 90.1 Å². The number of aliphatic imine (C=N–C) groups is 1. The van der Waals surface area contributed by atoms with Crippen LogP contribution in [0.1, 0.15) is 6.42 Å². The topological polar surface area (TPSA) is 97.6 Å². The zero-order chi connectivity index (χ0) is 20.5. The first-order chi connectivity index (χ1) is 13.9. The summed E-state index contributed by atoms with van der Waals surface area (Å²) in [4.78, 5) is 21.6. The monoisotopic (exact) mass is 420 g/mol. The van der Waals surface area contributed by atoms with E-state index in [0.717, 1.165) is 11.4 Å². The van der Waals surface area contributed by atoms with Gasteiger partial charge in [0.1, 0.15) is 6.10 Å². The number of fused-ring (bicyclic) bond motifs is 1. The molecule has 0 aromatic heterocycles. The summed E-state index contributed by atoms with van der Waals surface area (Å²) in [6.45, 7) is 2.22. The molecule has 8 nitrogen and oxygen atoms in total. The van der Waals surface area contributed by atoms with E-state index in [9.17, 15) is 15.0 Å². The van der Waals surface area contributed by atoms with Crippen LogP contribution in [0.5, 0.6) is 0 Å². The predicted octanol–water partition coefficient (Wildman–Crippen LogP) is 0.605. The molecular weight excluding hydrogens is 392 g/mol. The number of amidine groups is 1. The van der Waals surface area contributed by atoms with Gasteiger partial charge in [-0.25, -0.2) is 0 Å². The second-order valence-corrected chi connectivity index (χ2v) is 9.08. The van der Waals surface area contributed by atoms with Crippen molar-refractivity contribution in [1.82, 2.24) is 4.90 Å². The van der Waals surface area contributed by atoms with Gasteiger partial charge in [-0.3, -0.25) is 9.79 Å². The Morgan fingerprint density at radius 2 is 1.93 bits per heavy atom. The van der Waals surface area contributed by atoms with Gasteiger partial charge in [-0.05, 0) is 30.7 Å². The van der Waals surface area contributed by atoms with E-state index in [1.54, 1.807) is 0 Å². The van der Waals surface area contributed by atoms with Crippen LogP contribution in [0.25, 0.3) is 0 Å². The maximum Gasteiger partial charge on any atom is 0.227 e. The van der Waals surface area contributed by atoms with Crippen molar-refractivity contribution < 1.29 is 19.7 Å². The minimum Gasteiger partial charge on any atom is -0.390 e. The van der Waals surface area contributed by atoms with Crippen molar-refractivity contribution in [3.63, 3.8) is 0 Å². The zero-order valence-electron chi connectivity index (χ0n) is 16.7. The minimum atomic E-state index is -0.961. The smallest absolute Gasteiger partial charge is 0.227 e. The number of benzene rings is 1. The highest BCUT2D eigenvalue weighted by Crippen LogP contribution is 2.42. The largest absolute Gasteiger partial charge is 0.390 e. The van der Waals surface area contributed by atoms with Gasteiger partial charge < -0.3 is 30.1 Å². The molecule has 0 bridgehead atoms.